The van der Waals surface area contributed by atoms with E-state index in [1.807, 2.05) is 12.1 Å². The monoisotopic (exact) mass is 363 g/mol. The van der Waals surface area contributed by atoms with Crippen LogP contribution in [0.5, 0.6) is 11.5 Å². The number of benzene rings is 1. The van der Waals surface area contributed by atoms with Crippen LogP contribution in [0.15, 0.2) is 12.1 Å². The van der Waals surface area contributed by atoms with E-state index >= 15 is 0 Å². The van der Waals surface area contributed by atoms with Gasteiger partial charge in [0.25, 0.3) is 0 Å². The van der Waals surface area contributed by atoms with Crippen LogP contribution in [0.1, 0.15) is 57.9 Å². The lowest BCUT2D eigenvalue weighted by molar-refractivity contribution is -0.118. The lowest BCUT2D eigenvalue weighted by Crippen LogP contribution is -2.63. The number of rotatable bonds is 5. The van der Waals surface area contributed by atoms with Crippen molar-refractivity contribution >= 4 is 11.6 Å². The highest BCUT2D eigenvalue weighted by molar-refractivity contribution is 6.32. The summed E-state index contributed by atoms with van der Waals surface area (Å²) in [4.78, 5) is 0. The zero-order chi connectivity index (χ0) is 17.9. The topological polar surface area (TPSA) is 30.5 Å². The van der Waals surface area contributed by atoms with Crippen LogP contribution >= 0.6 is 11.6 Å². The first-order chi connectivity index (χ1) is 11.8. The standard InChI is InChI=1S/C21H30ClNO2/c1-19-7-15-8-20(2,11-19)13-21(9-15,12-19)23-10-14-5-16(22)18(25-4)17(6-14)24-3/h5-6,15,23H,7-13H2,1-4H3. The third-order valence-corrected chi connectivity index (χ3v) is 7.07. The molecule has 0 aliphatic heterocycles. The Morgan fingerprint density at radius 2 is 1.72 bits per heavy atom. The van der Waals surface area contributed by atoms with Crippen LogP contribution in [0.25, 0.3) is 0 Å². The third kappa shape index (κ3) is 3.04. The second-order valence-electron chi connectivity index (χ2n) is 9.58. The molecule has 4 saturated carbocycles. The molecule has 0 amide bonds. The summed E-state index contributed by atoms with van der Waals surface area (Å²) >= 11 is 6.38. The summed E-state index contributed by atoms with van der Waals surface area (Å²) in [6.45, 7) is 5.86. The number of methoxy groups -OCH3 is 2. The molecule has 2 atom stereocenters. The third-order valence-electron chi connectivity index (χ3n) is 6.79. The van der Waals surface area contributed by atoms with Crippen molar-refractivity contribution in [3.05, 3.63) is 22.7 Å². The van der Waals surface area contributed by atoms with Crippen molar-refractivity contribution in [1.29, 1.82) is 0 Å². The van der Waals surface area contributed by atoms with Gasteiger partial charge < -0.3 is 14.8 Å². The Balaban J connectivity index is 1.55. The Morgan fingerprint density at radius 1 is 1.04 bits per heavy atom. The summed E-state index contributed by atoms with van der Waals surface area (Å²) in [7, 11) is 3.28. The molecular formula is C21H30ClNO2. The van der Waals surface area contributed by atoms with Gasteiger partial charge in [-0.2, -0.15) is 0 Å². The minimum Gasteiger partial charge on any atom is -0.493 e. The molecule has 0 saturated heterocycles. The van der Waals surface area contributed by atoms with Crippen LogP contribution in [-0.2, 0) is 6.54 Å². The van der Waals surface area contributed by atoms with Crippen molar-refractivity contribution in [3.63, 3.8) is 0 Å². The van der Waals surface area contributed by atoms with Gasteiger partial charge in [0.15, 0.2) is 11.5 Å². The van der Waals surface area contributed by atoms with Crippen LogP contribution in [0.4, 0.5) is 0 Å². The van der Waals surface area contributed by atoms with Gasteiger partial charge in [0.05, 0.1) is 19.2 Å². The summed E-state index contributed by atoms with van der Waals surface area (Å²) < 4.78 is 10.8. The van der Waals surface area contributed by atoms with E-state index in [1.54, 1.807) is 14.2 Å². The van der Waals surface area contributed by atoms with Crippen molar-refractivity contribution < 1.29 is 9.47 Å². The molecule has 0 radical (unpaired) electrons. The normalized spacial score (nSPS) is 38.8. The van der Waals surface area contributed by atoms with Gasteiger partial charge in [-0.05, 0) is 73.0 Å². The molecule has 3 nitrogen and oxygen atoms in total. The highest BCUT2D eigenvalue weighted by atomic mass is 35.5. The Labute approximate surface area is 156 Å². The minimum atomic E-state index is 0.294. The molecule has 25 heavy (non-hydrogen) atoms. The molecule has 5 rings (SSSR count). The van der Waals surface area contributed by atoms with Gasteiger partial charge in [0, 0.05) is 12.1 Å². The van der Waals surface area contributed by atoms with E-state index in [2.05, 4.69) is 19.2 Å². The van der Waals surface area contributed by atoms with Crippen LogP contribution in [0.2, 0.25) is 5.02 Å². The Hall–Kier alpha value is -0.930. The summed E-state index contributed by atoms with van der Waals surface area (Å²) in [6.07, 6.45) is 8.21. The number of hydrogen-bond donors (Lipinski definition) is 1. The second kappa shape index (κ2) is 5.79. The first kappa shape index (κ1) is 17.5. The van der Waals surface area contributed by atoms with E-state index in [-0.39, 0.29) is 0 Å². The van der Waals surface area contributed by atoms with E-state index in [0.29, 0.717) is 32.9 Å². The molecule has 2 unspecified atom stereocenters. The highest BCUT2D eigenvalue weighted by Gasteiger charge is 2.59. The second-order valence-corrected chi connectivity index (χ2v) is 9.98. The first-order valence-corrected chi connectivity index (χ1v) is 9.81. The molecule has 0 heterocycles. The maximum absolute atomic E-state index is 6.38. The van der Waals surface area contributed by atoms with Gasteiger partial charge in [0.1, 0.15) is 0 Å². The van der Waals surface area contributed by atoms with Gasteiger partial charge in [0.2, 0.25) is 0 Å². The Bertz CT molecular complexity index is 671. The van der Waals surface area contributed by atoms with Gasteiger partial charge >= 0.3 is 0 Å². The molecule has 0 aromatic heterocycles. The zero-order valence-electron chi connectivity index (χ0n) is 15.9. The molecule has 1 aromatic rings. The summed E-state index contributed by atoms with van der Waals surface area (Å²) in [5, 5.41) is 4.57. The smallest absolute Gasteiger partial charge is 0.179 e. The van der Waals surface area contributed by atoms with E-state index in [0.717, 1.165) is 18.0 Å². The molecule has 4 heteroatoms. The zero-order valence-corrected chi connectivity index (χ0v) is 16.6. The highest BCUT2D eigenvalue weighted by Crippen LogP contribution is 2.66. The van der Waals surface area contributed by atoms with Crippen molar-refractivity contribution in [2.45, 2.75) is 64.5 Å². The fourth-order valence-corrected chi connectivity index (χ4v) is 7.32. The first-order valence-electron chi connectivity index (χ1n) is 9.43. The van der Waals surface area contributed by atoms with Crippen LogP contribution in [-0.4, -0.2) is 19.8 Å². The van der Waals surface area contributed by atoms with Crippen molar-refractivity contribution in [2.75, 3.05) is 14.2 Å². The van der Waals surface area contributed by atoms with Crippen LogP contribution in [0.3, 0.4) is 0 Å². The van der Waals surface area contributed by atoms with Crippen molar-refractivity contribution in [3.8, 4) is 11.5 Å². The summed E-state index contributed by atoms with van der Waals surface area (Å²) in [5.41, 5.74) is 2.50. The van der Waals surface area contributed by atoms with Crippen molar-refractivity contribution in [1.82, 2.24) is 5.32 Å². The predicted molar refractivity (Wildman–Crippen MR) is 102 cm³/mol. The fraction of sp³-hybridized carbons (Fsp3) is 0.714. The number of hydrogen-bond acceptors (Lipinski definition) is 3. The summed E-state index contributed by atoms with van der Waals surface area (Å²) in [6, 6.07) is 4.04. The molecular weight excluding hydrogens is 334 g/mol. The summed E-state index contributed by atoms with van der Waals surface area (Å²) in [5.74, 6) is 2.21. The van der Waals surface area contributed by atoms with Gasteiger partial charge in [-0.3, -0.25) is 0 Å². The maximum atomic E-state index is 6.38. The van der Waals surface area contributed by atoms with Crippen molar-refractivity contribution in [2.24, 2.45) is 16.7 Å². The lowest BCUT2D eigenvalue weighted by atomic mass is 9.43. The van der Waals surface area contributed by atoms with E-state index in [9.17, 15) is 0 Å². The minimum absolute atomic E-state index is 0.294. The average molecular weight is 364 g/mol. The van der Waals surface area contributed by atoms with Gasteiger partial charge in [-0.25, -0.2) is 0 Å². The Morgan fingerprint density at radius 3 is 2.28 bits per heavy atom. The molecule has 1 N–H and O–H groups in total. The molecule has 1 aromatic carbocycles. The molecule has 138 valence electrons. The molecule has 4 bridgehead atoms. The number of halogens is 1. The molecule has 4 aliphatic rings. The molecule has 4 aliphatic carbocycles. The molecule has 0 spiro atoms. The maximum Gasteiger partial charge on any atom is 0.179 e. The average Bonchev–Trinajstić information content (AvgIpc) is 2.49. The van der Waals surface area contributed by atoms with E-state index in [4.69, 9.17) is 21.1 Å². The quantitative estimate of drug-likeness (QED) is 0.780. The van der Waals surface area contributed by atoms with Gasteiger partial charge in [-0.1, -0.05) is 25.4 Å². The van der Waals surface area contributed by atoms with Gasteiger partial charge in [-0.15, -0.1) is 0 Å². The number of ether oxygens (including phenoxy) is 2. The fourth-order valence-electron chi connectivity index (χ4n) is 7.01. The van der Waals surface area contributed by atoms with E-state index in [1.165, 1.54) is 38.5 Å². The SMILES string of the molecule is COc1cc(CNC23CC4CC(C)(CC(C)(C4)C2)C3)cc(Cl)c1OC. The van der Waals surface area contributed by atoms with Crippen LogP contribution in [0, 0.1) is 16.7 Å². The number of nitrogens with one attached hydrogen (secondary N) is 1. The van der Waals surface area contributed by atoms with E-state index < -0.39 is 0 Å². The molecule has 4 fully saturated rings. The Kier molecular flexibility index (Phi) is 4.05. The largest absolute Gasteiger partial charge is 0.493 e. The van der Waals surface area contributed by atoms with Crippen LogP contribution < -0.4 is 14.8 Å². The predicted octanol–water partition coefficient (Wildman–Crippen LogP) is 5.20. The lowest BCUT2D eigenvalue weighted by Gasteiger charge is -2.65.